The Hall–Kier alpha value is -2.09. The molecular weight excluding hydrogens is 440 g/mol. The average molecular weight is 497 g/mol. The summed E-state index contributed by atoms with van der Waals surface area (Å²) in [5.41, 5.74) is 10.3. The molecule has 0 aromatic heterocycles. The zero-order valence-corrected chi connectivity index (χ0v) is 25.3. The van der Waals surface area contributed by atoms with Crippen molar-refractivity contribution in [1.29, 1.82) is 0 Å². The van der Waals surface area contributed by atoms with Gasteiger partial charge >= 0.3 is 0 Å². The Morgan fingerprint density at radius 1 is 0.722 bits per heavy atom. The summed E-state index contributed by atoms with van der Waals surface area (Å²) in [6, 6.07) is 0. The van der Waals surface area contributed by atoms with Crippen LogP contribution in [-0.4, -0.2) is 11.9 Å². The van der Waals surface area contributed by atoms with Crippen molar-refractivity contribution in [2.75, 3.05) is 0 Å². The molecule has 0 bridgehead atoms. The molecule has 2 unspecified atom stereocenters. The highest BCUT2D eigenvalue weighted by molar-refractivity contribution is 6.19. The van der Waals surface area contributed by atoms with Crippen molar-refractivity contribution < 1.29 is 9.53 Å². The molecule has 0 spiro atoms. The number of hydrogen-bond acceptors (Lipinski definition) is 2. The van der Waals surface area contributed by atoms with Gasteiger partial charge in [-0.1, -0.05) is 108 Å². The van der Waals surface area contributed by atoms with Gasteiger partial charge in [-0.3, -0.25) is 4.79 Å². The molecule has 0 saturated carbocycles. The molecule has 2 heteroatoms. The molecule has 0 amide bonds. The third kappa shape index (κ3) is 7.46. The van der Waals surface area contributed by atoms with Crippen LogP contribution in [0.2, 0.25) is 0 Å². The number of rotatable bonds is 0. The van der Waals surface area contributed by atoms with Gasteiger partial charge in [0.2, 0.25) is 0 Å². The van der Waals surface area contributed by atoms with Gasteiger partial charge < -0.3 is 4.74 Å². The molecule has 1 aliphatic heterocycles. The van der Waals surface area contributed by atoms with Gasteiger partial charge in [-0.05, 0) is 78.6 Å². The molecule has 3 aliphatic rings. The number of ketones is 1. The fraction of sp³-hybridized carbons (Fsp3) is 0.618. The first kappa shape index (κ1) is 33.9. The van der Waals surface area contributed by atoms with E-state index in [0.29, 0.717) is 16.9 Å². The number of hydrogen-bond donors (Lipinski definition) is 0. The second kappa shape index (κ2) is 11.5. The summed E-state index contributed by atoms with van der Waals surface area (Å²) < 4.78 is 5.54. The quantitative estimate of drug-likeness (QED) is 0.312. The zero-order chi connectivity index (χ0) is 27.8. The Morgan fingerprint density at radius 2 is 1.17 bits per heavy atom. The molecular formula is C34H56O2. The van der Waals surface area contributed by atoms with Crippen LogP contribution in [0.3, 0.4) is 0 Å². The third-order valence-electron chi connectivity index (χ3n) is 7.19. The lowest BCUT2D eigenvalue weighted by Gasteiger charge is -2.33. The Balaban J connectivity index is 0.000000504. The molecule has 2 atom stereocenters. The van der Waals surface area contributed by atoms with E-state index in [4.69, 9.17) is 4.74 Å². The molecule has 0 aromatic carbocycles. The molecule has 2 nitrogen and oxygen atoms in total. The normalized spacial score (nSPS) is 22.5. The lowest BCUT2D eigenvalue weighted by Crippen LogP contribution is -2.28. The SMILES string of the molecule is C.C=C1C(=O)C(C)=C1C(C)(C)C.C=C1CC(C)C(C(C)(C)C)=C1C.C=C1OC(C)C(C(C)(C)C)=C1C. The van der Waals surface area contributed by atoms with Crippen molar-refractivity contribution in [3.63, 3.8) is 0 Å². The average Bonchev–Trinajstić information content (AvgIpc) is 3.07. The largest absolute Gasteiger partial charge is 0.487 e. The van der Waals surface area contributed by atoms with E-state index < -0.39 is 0 Å². The summed E-state index contributed by atoms with van der Waals surface area (Å²) in [6.45, 7) is 42.1. The van der Waals surface area contributed by atoms with E-state index in [1.54, 1.807) is 5.57 Å². The standard InChI is InChI=1S/C12H20.C11H18O.C10H14O.CH4/c1-8-7-9(2)11(10(8)3)12(4,5)6;1-7-8(2)12-9(3)10(7)11(4,5)6;1-6-8(10(3,4)5)7(2)9(6)11;/h9H,1,7H2,2-6H3;9H,2H2,1,3-6H3;1H2,2-5H3;1H4. The van der Waals surface area contributed by atoms with E-state index in [9.17, 15) is 4.79 Å². The van der Waals surface area contributed by atoms with Gasteiger partial charge in [0.25, 0.3) is 0 Å². The van der Waals surface area contributed by atoms with Crippen LogP contribution in [0, 0.1) is 22.2 Å². The van der Waals surface area contributed by atoms with E-state index in [0.717, 1.165) is 16.9 Å². The van der Waals surface area contributed by atoms with Gasteiger partial charge in [-0.2, -0.15) is 0 Å². The summed E-state index contributed by atoms with van der Waals surface area (Å²) >= 11 is 0. The first-order chi connectivity index (χ1) is 15.5. The minimum absolute atomic E-state index is 0. The maximum absolute atomic E-state index is 11.1. The molecule has 36 heavy (non-hydrogen) atoms. The van der Waals surface area contributed by atoms with Crippen molar-refractivity contribution in [3.8, 4) is 0 Å². The fourth-order valence-electron chi connectivity index (χ4n) is 6.11. The number of allylic oxidation sites excluding steroid dienone is 7. The second-order valence-corrected chi connectivity index (χ2v) is 13.5. The Labute approximate surface area is 224 Å². The summed E-state index contributed by atoms with van der Waals surface area (Å²) in [5.74, 6) is 1.68. The smallest absolute Gasteiger partial charge is 0.188 e. The summed E-state index contributed by atoms with van der Waals surface area (Å²) in [6.07, 6.45) is 1.37. The lowest BCUT2D eigenvalue weighted by molar-refractivity contribution is -0.113. The maximum atomic E-state index is 11.1. The van der Waals surface area contributed by atoms with Gasteiger partial charge in [0, 0.05) is 11.1 Å². The van der Waals surface area contributed by atoms with Crippen LogP contribution in [-0.2, 0) is 9.53 Å². The number of carbonyl (C=O) groups excluding carboxylic acids is 1. The minimum atomic E-state index is 0. The maximum Gasteiger partial charge on any atom is 0.188 e. The molecule has 2 aliphatic carbocycles. The van der Waals surface area contributed by atoms with E-state index in [1.807, 2.05) is 6.92 Å². The predicted octanol–water partition coefficient (Wildman–Crippen LogP) is 10.4. The Bertz CT molecular complexity index is 947. The van der Waals surface area contributed by atoms with Crippen LogP contribution in [0.1, 0.15) is 111 Å². The van der Waals surface area contributed by atoms with Gasteiger partial charge in [0.1, 0.15) is 11.9 Å². The fourth-order valence-corrected chi connectivity index (χ4v) is 6.11. The van der Waals surface area contributed by atoms with Gasteiger partial charge in [-0.15, -0.1) is 0 Å². The third-order valence-corrected chi connectivity index (χ3v) is 7.19. The van der Waals surface area contributed by atoms with Crippen LogP contribution in [0.25, 0.3) is 0 Å². The van der Waals surface area contributed by atoms with Crippen molar-refractivity contribution >= 4 is 5.78 Å². The van der Waals surface area contributed by atoms with Crippen molar-refractivity contribution in [2.24, 2.45) is 22.2 Å². The monoisotopic (exact) mass is 496 g/mol. The number of carbonyl (C=O) groups is 1. The molecule has 0 aromatic rings. The molecule has 1 heterocycles. The zero-order valence-electron chi connectivity index (χ0n) is 25.3. The van der Waals surface area contributed by atoms with Gasteiger partial charge in [0.05, 0.1) is 0 Å². The molecule has 3 rings (SSSR count). The predicted molar refractivity (Wildman–Crippen MR) is 160 cm³/mol. The van der Waals surface area contributed by atoms with E-state index in [1.165, 1.54) is 28.7 Å². The molecule has 0 radical (unpaired) electrons. The summed E-state index contributed by atoms with van der Waals surface area (Å²) in [5, 5.41) is 0. The van der Waals surface area contributed by atoms with Gasteiger partial charge in [-0.25, -0.2) is 0 Å². The molecule has 0 N–H and O–H groups in total. The van der Waals surface area contributed by atoms with Crippen LogP contribution in [0.5, 0.6) is 0 Å². The molecule has 0 fully saturated rings. The number of Topliss-reactive ketones (excluding diaryl/α,β-unsaturated/α-hetero) is 1. The summed E-state index contributed by atoms with van der Waals surface area (Å²) in [7, 11) is 0. The Kier molecular flexibility index (Phi) is 10.9. The van der Waals surface area contributed by atoms with Crippen LogP contribution < -0.4 is 0 Å². The van der Waals surface area contributed by atoms with Crippen molar-refractivity contribution in [2.45, 2.75) is 117 Å². The first-order valence-electron chi connectivity index (χ1n) is 12.9. The highest BCUT2D eigenvalue weighted by Gasteiger charge is 2.35. The van der Waals surface area contributed by atoms with Crippen LogP contribution >= 0.6 is 0 Å². The van der Waals surface area contributed by atoms with Crippen molar-refractivity contribution in [3.05, 3.63) is 70.1 Å². The minimum Gasteiger partial charge on any atom is -0.487 e. The number of ether oxygens (including phenoxy) is 1. The first-order valence-corrected chi connectivity index (χ1v) is 12.9. The highest BCUT2D eigenvalue weighted by atomic mass is 16.5. The second-order valence-electron chi connectivity index (χ2n) is 13.5. The molecule has 204 valence electrons. The molecule has 0 saturated heterocycles. The van der Waals surface area contributed by atoms with E-state index in [2.05, 4.69) is 110 Å². The summed E-state index contributed by atoms with van der Waals surface area (Å²) in [4.78, 5) is 11.1. The highest BCUT2D eigenvalue weighted by Crippen LogP contribution is 2.44. The van der Waals surface area contributed by atoms with Crippen molar-refractivity contribution in [1.82, 2.24) is 0 Å². The topological polar surface area (TPSA) is 26.3 Å². The van der Waals surface area contributed by atoms with Crippen LogP contribution in [0.15, 0.2) is 70.1 Å². The Morgan fingerprint density at radius 3 is 1.33 bits per heavy atom. The van der Waals surface area contributed by atoms with E-state index >= 15 is 0 Å². The van der Waals surface area contributed by atoms with Gasteiger partial charge in [0.15, 0.2) is 5.78 Å². The lowest BCUT2D eigenvalue weighted by atomic mass is 9.70. The van der Waals surface area contributed by atoms with Crippen LogP contribution in [0.4, 0.5) is 0 Å². The van der Waals surface area contributed by atoms with E-state index in [-0.39, 0.29) is 30.1 Å².